The molecule has 2 saturated heterocycles. The van der Waals surface area contributed by atoms with Crippen molar-refractivity contribution in [3.63, 3.8) is 0 Å². The van der Waals surface area contributed by atoms with Crippen LogP contribution in [0.4, 0.5) is 5.82 Å². The molecule has 0 aliphatic carbocycles. The summed E-state index contributed by atoms with van der Waals surface area (Å²) < 4.78 is 18.0. The Bertz CT molecular complexity index is 1050. The molecule has 1 aromatic heterocycles. The summed E-state index contributed by atoms with van der Waals surface area (Å²) in [6, 6.07) is 16.8. The van der Waals surface area contributed by atoms with Crippen molar-refractivity contribution < 1.29 is 14.2 Å². The molecule has 2 aliphatic heterocycles. The summed E-state index contributed by atoms with van der Waals surface area (Å²) in [5.74, 6) is 1.44. The second-order valence-electron chi connectivity index (χ2n) is 8.31. The fraction of sp³-hybridized carbons (Fsp3) is 0.400. The molecule has 0 amide bonds. The number of hydrogen-bond acceptors (Lipinski definition) is 5. The summed E-state index contributed by atoms with van der Waals surface area (Å²) in [6.45, 7) is 7.94. The molecule has 0 radical (unpaired) electrons. The third kappa shape index (κ3) is 3.75. The van der Waals surface area contributed by atoms with Crippen molar-refractivity contribution in [1.82, 2.24) is 4.98 Å². The zero-order valence-corrected chi connectivity index (χ0v) is 17.7. The highest BCUT2D eigenvalue weighted by atomic mass is 16.7. The van der Waals surface area contributed by atoms with Crippen molar-refractivity contribution in [3.8, 4) is 5.75 Å². The van der Waals surface area contributed by atoms with E-state index in [1.165, 1.54) is 16.7 Å². The molecule has 5 nitrogen and oxygen atoms in total. The van der Waals surface area contributed by atoms with Crippen molar-refractivity contribution >= 4 is 16.7 Å². The summed E-state index contributed by atoms with van der Waals surface area (Å²) in [5, 5.41) is 1.09. The van der Waals surface area contributed by atoms with Gasteiger partial charge in [0.1, 0.15) is 23.7 Å². The van der Waals surface area contributed by atoms with Gasteiger partial charge in [-0.1, -0.05) is 35.9 Å². The van der Waals surface area contributed by atoms with E-state index in [1.54, 1.807) is 0 Å². The Kier molecular flexibility index (Phi) is 5.09. The lowest BCUT2D eigenvalue weighted by Gasteiger charge is -2.38. The minimum Gasteiger partial charge on any atom is -0.487 e. The molecule has 0 unspecified atom stereocenters. The number of para-hydroxylation sites is 1. The maximum Gasteiger partial charge on any atom is 0.171 e. The van der Waals surface area contributed by atoms with Crippen LogP contribution in [-0.2, 0) is 16.1 Å². The Labute approximate surface area is 177 Å². The highest BCUT2D eigenvalue weighted by Crippen LogP contribution is 2.34. The van der Waals surface area contributed by atoms with Crippen molar-refractivity contribution in [1.29, 1.82) is 0 Å². The first kappa shape index (κ1) is 19.3. The quantitative estimate of drug-likeness (QED) is 0.626. The second-order valence-corrected chi connectivity index (χ2v) is 8.31. The Balaban J connectivity index is 1.37. The first-order valence-corrected chi connectivity index (χ1v) is 10.7. The van der Waals surface area contributed by atoms with E-state index in [9.17, 15) is 0 Å². The van der Waals surface area contributed by atoms with Crippen LogP contribution < -0.4 is 9.64 Å². The standard InChI is InChI=1S/C25H28N2O3/c1-18-6-7-19(2)21(16-18)17-28-22-5-3-4-20-8-9-23(26-24(20)22)27-12-10-25(11-13-27)29-14-15-30-25/h3-9,16H,10-15,17H2,1-2H3. The zero-order valence-electron chi connectivity index (χ0n) is 17.7. The number of rotatable bonds is 4. The predicted octanol–water partition coefficient (Wildman–Crippen LogP) is 4.77. The molecule has 5 heteroatoms. The van der Waals surface area contributed by atoms with Gasteiger partial charge in [-0.2, -0.15) is 0 Å². The summed E-state index contributed by atoms with van der Waals surface area (Å²) >= 11 is 0. The van der Waals surface area contributed by atoms with E-state index in [0.29, 0.717) is 19.8 Å². The SMILES string of the molecule is Cc1ccc(C)c(COc2cccc3ccc(N4CCC5(CC4)OCCO5)nc23)c1. The van der Waals surface area contributed by atoms with Crippen molar-refractivity contribution in [2.24, 2.45) is 0 Å². The van der Waals surface area contributed by atoms with E-state index in [0.717, 1.165) is 48.4 Å². The summed E-state index contributed by atoms with van der Waals surface area (Å²) in [6.07, 6.45) is 1.75. The lowest BCUT2D eigenvalue weighted by atomic mass is 10.0. The van der Waals surface area contributed by atoms with Gasteiger partial charge in [0.2, 0.25) is 0 Å². The van der Waals surface area contributed by atoms with Gasteiger partial charge in [0, 0.05) is 31.3 Å². The monoisotopic (exact) mass is 404 g/mol. The maximum atomic E-state index is 6.24. The Hall–Kier alpha value is -2.63. The first-order valence-electron chi connectivity index (χ1n) is 10.7. The van der Waals surface area contributed by atoms with E-state index < -0.39 is 0 Å². The van der Waals surface area contributed by atoms with Crippen molar-refractivity contribution in [3.05, 3.63) is 65.2 Å². The topological polar surface area (TPSA) is 43.8 Å². The van der Waals surface area contributed by atoms with Crippen molar-refractivity contribution in [2.45, 2.75) is 39.1 Å². The van der Waals surface area contributed by atoms with Crippen LogP contribution in [0.5, 0.6) is 5.75 Å². The van der Waals surface area contributed by atoms with Crippen LogP contribution in [0.3, 0.4) is 0 Å². The predicted molar refractivity (Wildman–Crippen MR) is 118 cm³/mol. The molecule has 2 fully saturated rings. The number of pyridine rings is 1. The summed E-state index contributed by atoms with van der Waals surface area (Å²) in [5.41, 5.74) is 4.61. The van der Waals surface area contributed by atoms with Gasteiger partial charge >= 0.3 is 0 Å². The number of nitrogens with zero attached hydrogens (tertiary/aromatic N) is 2. The van der Waals surface area contributed by atoms with Gasteiger partial charge in [-0.3, -0.25) is 0 Å². The zero-order chi connectivity index (χ0) is 20.6. The van der Waals surface area contributed by atoms with E-state index >= 15 is 0 Å². The van der Waals surface area contributed by atoms with Crippen LogP contribution in [0.15, 0.2) is 48.5 Å². The number of aromatic nitrogens is 1. The van der Waals surface area contributed by atoms with Crippen LogP contribution in [0.25, 0.3) is 10.9 Å². The molecular formula is C25H28N2O3. The molecule has 0 saturated carbocycles. The molecular weight excluding hydrogens is 376 g/mol. The third-order valence-electron chi connectivity index (χ3n) is 6.22. The third-order valence-corrected chi connectivity index (χ3v) is 6.22. The lowest BCUT2D eigenvalue weighted by molar-refractivity contribution is -0.169. The Morgan fingerprint density at radius 2 is 1.80 bits per heavy atom. The average Bonchev–Trinajstić information content (AvgIpc) is 3.22. The molecule has 30 heavy (non-hydrogen) atoms. The minimum atomic E-state index is -0.368. The Morgan fingerprint density at radius 3 is 2.60 bits per heavy atom. The summed E-state index contributed by atoms with van der Waals surface area (Å²) in [4.78, 5) is 7.30. The van der Waals surface area contributed by atoms with E-state index in [4.69, 9.17) is 19.2 Å². The van der Waals surface area contributed by atoms with Crippen molar-refractivity contribution in [2.75, 3.05) is 31.2 Å². The van der Waals surface area contributed by atoms with Crippen LogP contribution in [0, 0.1) is 13.8 Å². The van der Waals surface area contributed by atoms with Crippen LogP contribution in [0.1, 0.15) is 29.5 Å². The van der Waals surface area contributed by atoms with Gasteiger partial charge in [0.05, 0.1) is 13.2 Å². The number of aryl methyl sites for hydroxylation is 2. The smallest absolute Gasteiger partial charge is 0.171 e. The number of benzene rings is 2. The summed E-state index contributed by atoms with van der Waals surface area (Å²) in [7, 11) is 0. The van der Waals surface area contributed by atoms with Crippen LogP contribution in [0.2, 0.25) is 0 Å². The van der Waals surface area contributed by atoms with Gasteiger partial charge in [0.25, 0.3) is 0 Å². The minimum absolute atomic E-state index is 0.368. The average molecular weight is 405 g/mol. The number of hydrogen-bond donors (Lipinski definition) is 0. The highest BCUT2D eigenvalue weighted by Gasteiger charge is 2.40. The van der Waals surface area contributed by atoms with Gasteiger partial charge in [0.15, 0.2) is 5.79 Å². The number of piperidine rings is 1. The van der Waals surface area contributed by atoms with E-state index in [2.05, 4.69) is 55.1 Å². The largest absolute Gasteiger partial charge is 0.487 e. The van der Waals surface area contributed by atoms with E-state index in [-0.39, 0.29) is 5.79 Å². The molecule has 0 bridgehead atoms. The van der Waals surface area contributed by atoms with Gasteiger partial charge in [-0.15, -0.1) is 0 Å². The molecule has 5 rings (SSSR count). The lowest BCUT2D eigenvalue weighted by Crippen LogP contribution is -2.45. The molecule has 0 N–H and O–H groups in total. The number of anilines is 1. The molecule has 156 valence electrons. The second kappa shape index (κ2) is 7.89. The maximum absolute atomic E-state index is 6.24. The molecule has 2 aromatic carbocycles. The Morgan fingerprint density at radius 1 is 1.00 bits per heavy atom. The van der Waals surface area contributed by atoms with Gasteiger partial charge in [-0.05, 0) is 43.2 Å². The fourth-order valence-electron chi connectivity index (χ4n) is 4.38. The van der Waals surface area contributed by atoms with Gasteiger partial charge < -0.3 is 19.1 Å². The van der Waals surface area contributed by atoms with Gasteiger partial charge in [-0.25, -0.2) is 4.98 Å². The number of fused-ring (bicyclic) bond motifs is 1. The van der Waals surface area contributed by atoms with Crippen LogP contribution >= 0.6 is 0 Å². The van der Waals surface area contributed by atoms with E-state index in [1.807, 2.05) is 12.1 Å². The normalized spacial score (nSPS) is 18.3. The molecule has 2 aliphatic rings. The molecule has 3 aromatic rings. The highest BCUT2D eigenvalue weighted by molar-refractivity contribution is 5.86. The number of ether oxygens (including phenoxy) is 3. The van der Waals surface area contributed by atoms with Crippen LogP contribution in [-0.4, -0.2) is 37.1 Å². The molecule has 1 spiro atoms. The molecule has 3 heterocycles. The first-order chi connectivity index (χ1) is 14.6. The fourth-order valence-corrected chi connectivity index (χ4v) is 4.38. The molecule has 0 atom stereocenters.